The monoisotopic (exact) mass is 358 g/mol. The van der Waals surface area contributed by atoms with Gasteiger partial charge < -0.3 is 4.74 Å². The van der Waals surface area contributed by atoms with E-state index in [1.54, 1.807) is 29.8 Å². The molecule has 0 aliphatic heterocycles. The molecule has 1 N–H and O–H groups in total. The lowest BCUT2D eigenvalue weighted by molar-refractivity contribution is 0.415. The van der Waals surface area contributed by atoms with Crippen molar-refractivity contribution in [1.82, 2.24) is 9.97 Å². The standard InChI is InChI=1S/C17H18N4OS2/c1-10(13-5-7-14(22-4)8-6-13)20-21-17-18-9-15(24-17)16-11(2)19-12(3)23-16/h5-9H,1-4H3,(H,18,21). The second kappa shape index (κ2) is 7.11. The summed E-state index contributed by atoms with van der Waals surface area (Å²) in [7, 11) is 1.66. The van der Waals surface area contributed by atoms with Crippen LogP contribution in [0.4, 0.5) is 5.13 Å². The van der Waals surface area contributed by atoms with Crippen LogP contribution >= 0.6 is 22.7 Å². The average molecular weight is 358 g/mol. The van der Waals surface area contributed by atoms with Gasteiger partial charge in [0.1, 0.15) is 5.75 Å². The average Bonchev–Trinajstić information content (AvgIpc) is 3.18. The van der Waals surface area contributed by atoms with E-state index < -0.39 is 0 Å². The number of nitrogens with zero attached hydrogens (tertiary/aromatic N) is 3. The summed E-state index contributed by atoms with van der Waals surface area (Å²) in [6.07, 6.45) is 1.87. The minimum Gasteiger partial charge on any atom is -0.497 e. The summed E-state index contributed by atoms with van der Waals surface area (Å²) >= 11 is 3.27. The van der Waals surface area contributed by atoms with Gasteiger partial charge in [0.2, 0.25) is 5.13 Å². The Morgan fingerprint density at radius 3 is 2.54 bits per heavy atom. The van der Waals surface area contributed by atoms with Crippen molar-refractivity contribution in [1.29, 1.82) is 0 Å². The number of anilines is 1. The lowest BCUT2D eigenvalue weighted by Gasteiger charge is -2.03. The Hall–Kier alpha value is -2.25. The highest BCUT2D eigenvalue weighted by molar-refractivity contribution is 7.23. The summed E-state index contributed by atoms with van der Waals surface area (Å²) < 4.78 is 5.17. The number of benzene rings is 1. The summed E-state index contributed by atoms with van der Waals surface area (Å²) in [6, 6.07) is 7.81. The fraction of sp³-hybridized carbons (Fsp3) is 0.235. The Kier molecular flexibility index (Phi) is 4.92. The molecule has 3 rings (SSSR count). The molecule has 0 saturated carbocycles. The molecule has 0 fully saturated rings. The summed E-state index contributed by atoms with van der Waals surface area (Å²) in [4.78, 5) is 11.1. The van der Waals surface area contributed by atoms with Crippen LogP contribution in [0.25, 0.3) is 9.75 Å². The quantitative estimate of drug-likeness (QED) is 0.529. The number of aryl methyl sites for hydroxylation is 2. The van der Waals surface area contributed by atoms with Crippen LogP contribution in [0, 0.1) is 13.8 Å². The van der Waals surface area contributed by atoms with Gasteiger partial charge in [-0.25, -0.2) is 9.97 Å². The summed E-state index contributed by atoms with van der Waals surface area (Å²) in [6.45, 7) is 6.00. The number of ether oxygens (including phenoxy) is 1. The van der Waals surface area contributed by atoms with Crippen molar-refractivity contribution in [2.75, 3.05) is 12.5 Å². The molecule has 0 radical (unpaired) electrons. The van der Waals surface area contributed by atoms with E-state index in [4.69, 9.17) is 4.74 Å². The smallest absolute Gasteiger partial charge is 0.203 e. The number of thiazole rings is 2. The first kappa shape index (κ1) is 16.6. The number of nitrogens with one attached hydrogen (secondary N) is 1. The number of hydrogen-bond donors (Lipinski definition) is 1. The lowest BCUT2D eigenvalue weighted by atomic mass is 10.1. The Balaban J connectivity index is 1.73. The van der Waals surface area contributed by atoms with Crippen molar-refractivity contribution in [2.24, 2.45) is 5.10 Å². The van der Waals surface area contributed by atoms with Gasteiger partial charge in [0.05, 0.1) is 33.3 Å². The van der Waals surface area contributed by atoms with Gasteiger partial charge in [0.25, 0.3) is 0 Å². The molecule has 1 aromatic carbocycles. The highest BCUT2D eigenvalue weighted by Gasteiger charge is 2.11. The number of rotatable bonds is 5. The van der Waals surface area contributed by atoms with Crippen LogP contribution in [0.15, 0.2) is 35.6 Å². The van der Waals surface area contributed by atoms with Gasteiger partial charge in [-0.05, 0) is 50.6 Å². The summed E-state index contributed by atoms with van der Waals surface area (Å²) in [5.41, 5.74) is 6.01. The van der Waals surface area contributed by atoms with Crippen LogP contribution in [0.3, 0.4) is 0 Å². The van der Waals surface area contributed by atoms with Crippen molar-refractivity contribution in [3.63, 3.8) is 0 Å². The summed E-state index contributed by atoms with van der Waals surface area (Å²) in [5, 5.41) is 6.25. The Morgan fingerprint density at radius 1 is 1.17 bits per heavy atom. The van der Waals surface area contributed by atoms with Crippen molar-refractivity contribution >= 4 is 33.5 Å². The number of aromatic nitrogens is 2. The first-order valence-corrected chi connectivity index (χ1v) is 9.05. The van der Waals surface area contributed by atoms with Gasteiger partial charge in [0.15, 0.2) is 0 Å². The van der Waals surface area contributed by atoms with Crippen LogP contribution in [-0.4, -0.2) is 22.8 Å². The molecule has 0 unspecified atom stereocenters. The largest absolute Gasteiger partial charge is 0.497 e. The number of methoxy groups -OCH3 is 1. The van der Waals surface area contributed by atoms with Gasteiger partial charge in [-0.1, -0.05) is 11.3 Å². The van der Waals surface area contributed by atoms with E-state index in [2.05, 4.69) is 20.5 Å². The molecule has 2 aromatic heterocycles. The predicted octanol–water partition coefficient (Wildman–Crippen LogP) is 4.73. The molecule has 0 amide bonds. The molecule has 24 heavy (non-hydrogen) atoms. The molecule has 124 valence electrons. The zero-order valence-corrected chi connectivity index (χ0v) is 15.6. The molecule has 2 heterocycles. The molecule has 0 aliphatic carbocycles. The minimum atomic E-state index is 0.767. The normalized spacial score (nSPS) is 11.6. The molecule has 0 aliphatic rings. The topological polar surface area (TPSA) is 59.4 Å². The molecule has 0 spiro atoms. The third-order valence-corrected chi connectivity index (χ3v) is 5.61. The van der Waals surface area contributed by atoms with Gasteiger partial charge in [-0.2, -0.15) is 5.10 Å². The van der Waals surface area contributed by atoms with Gasteiger partial charge in [-0.3, -0.25) is 5.43 Å². The van der Waals surface area contributed by atoms with E-state index in [0.717, 1.165) is 37.7 Å². The van der Waals surface area contributed by atoms with Crippen molar-refractivity contribution in [3.8, 4) is 15.5 Å². The first-order chi connectivity index (χ1) is 11.6. The van der Waals surface area contributed by atoms with Gasteiger partial charge in [0, 0.05) is 6.20 Å². The van der Waals surface area contributed by atoms with Gasteiger partial charge in [-0.15, -0.1) is 11.3 Å². The second-order valence-corrected chi connectivity index (χ2v) is 7.45. The summed E-state index contributed by atoms with van der Waals surface area (Å²) in [5.74, 6) is 0.833. The Morgan fingerprint density at radius 2 is 1.92 bits per heavy atom. The Bertz CT molecular complexity index is 865. The fourth-order valence-corrected chi connectivity index (χ4v) is 4.04. The predicted molar refractivity (Wildman–Crippen MR) is 102 cm³/mol. The van der Waals surface area contributed by atoms with E-state index in [9.17, 15) is 0 Å². The maximum Gasteiger partial charge on any atom is 0.203 e. The van der Waals surface area contributed by atoms with E-state index in [1.165, 1.54) is 4.88 Å². The molecule has 5 nitrogen and oxygen atoms in total. The van der Waals surface area contributed by atoms with Crippen molar-refractivity contribution in [2.45, 2.75) is 20.8 Å². The second-order valence-electron chi connectivity index (χ2n) is 5.21. The molecule has 7 heteroatoms. The van der Waals surface area contributed by atoms with Gasteiger partial charge >= 0.3 is 0 Å². The third kappa shape index (κ3) is 3.63. The maximum atomic E-state index is 5.17. The molecule has 0 atom stereocenters. The van der Waals surface area contributed by atoms with Crippen LogP contribution in [-0.2, 0) is 0 Å². The molecular weight excluding hydrogens is 340 g/mol. The van der Waals surface area contributed by atoms with Crippen LogP contribution in [0.2, 0.25) is 0 Å². The molecule has 0 saturated heterocycles. The molecule has 0 bridgehead atoms. The van der Waals surface area contributed by atoms with Crippen LogP contribution in [0.5, 0.6) is 5.75 Å². The van der Waals surface area contributed by atoms with Crippen molar-refractivity contribution < 1.29 is 4.74 Å². The highest BCUT2D eigenvalue weighted by atomic mass is 32.1. The lowest BCUT2D eigenvalue weighted by Crippen LogP contribution is -1.99. The maximum absolute atomic E-state index is 5.17. The van der Waals surface area contributed by atoms with Crippen molar-refractivity contribution in [3.05, 3.63) is 46.7 Å². The van der Waals surface area contributed by atoms with E-state index in [1.807, 2.05) is 51.2 Å². The van der Waals surface area contributed by atoms with E-state index >= 15 is 0 Å². The molecular formula is C17H18N4OS2. The van der Waals surface area contributed by atoms with E-state index in [0.29, 0.717) is 0 Å². The third-order valence-electron chi connectivity index (χ3n) is 3.46. The fourth-order valence-electron chi connectivity index (χ4n) is 2.22. The zero-order chi connectivity index (χ0) is 17.1. The zero-order valence-electron chi connectivity index (χ0n) is 14.0. The van der Waals surface area contributed by atoms with Crippen LogP contribution < -0.4 is 10.2 Å². The highest BCUT2D eigenvalue weighted by Crippen LogP contribution is 2.35. The van der Waals surface area contributed by atoms with E-state index in [-0.39, 0.29) is 0 Å². The number of hydrogen-bond acceptors (Lipinski definition) is 7. The Labute approximate surface area is 149 Å². The SMILES string of the molecule is COc1ccc(C(C)=NNc2ncc(-c3sc(C)nc3C)s2)cc1. The molecule has 3 aromatic rings. The minimum absolute atomic E-state index is 0.767. The van der Waals surface area contributed by atoms with Crippen LogP contribution in [0.1, 0.15) is 23.2 Å². The first-order valence-electron chi connectivity index (χ1n) is 7.42. The number of hydrazone groups is 1.